The topological polar surface area (TPSA) is 63.9 Å². The summed E-state index contributed by atoms with van der Waals surface area (Å²) in [7, 11) is 0. The lowest BCUT2D eigenvalue weighted by molar-refractivity contribution is -0.132. The Hall–Kier alpha value is -2.54. The van der Waals surface area contributed by atoms with E-state index in [9.17, 15) is 4.79 Å². The van der Waals surface area contributed by atoms with E-state index in [0.29, 0.717) is 37.8 Å². The van der Waals surface area contributed by atoms with Crippen LogP contribution < -0.4 is 0 Å². The number of aryl methyl sites for hydroxylation is 1. The van der Waals surface area contributed by atoms with Gasteiger partial charge in [-0.2, -0.15) is 4.80 Å². The molecule has 4 rings (SSSR count). The Morgan fingerprint density at radius 2 is 1.96 bits per heavy atom. The first-order valence-corrected chi connectivity index (χ1v) is 10.4. The Labute approximate surface area is 172 Å². The lowest BCUT2D eigenvalue weighted by atomic mass is 10.2. The van der Waals surface area contributed by atoms with E-state index in [1.165, 1.54) is 0 Å². The quantitative estimate of drug-likeness (QED) is 0.530. The van der Waals surface area contributed by atoms with Crippen LogP contribution in [0.2, 0.25) is 0 Å². The summed E-state index contributed by atoms with van der Waals surface area (Å²) in [5.41, 5.74) is 2.10. The Balaban J connectivity index is 1.31. The molecule has 0 aliphatic heterocycles. The number of halogens is 1. The molecule has 0 radical (unpaired) electrons. The fraction of sp³-hybridized carbons (Fsp3) is 0.333. The molecule has 0 atom stereocenters. The van der Waals surface area contributed by atoms with Gasteiger partial charge in [-0.05, 0) is 42.2 Å². The SMILES string of the molecule is O=C(CCCn1nnc(-c2ccccc2)n1)N(Cc1cccc(Br)c1)C1CC1. The third kappa shape index (κ3) is 4.84. The predicted octanol–water partition coefficient (Wildman–Crippen LogP) is 4.07. The van der Waals surface area contributed by atoms with Gasteiger partial charge in [0.25, 0.3) is 0 Å². The Morgan fingerprint density at radius 1 is 1.14 bits per heavy atom. The van der Waals surface area contributed by atoms with Crippen LogP contribution in [-0.4, -0.2) is 37.1 Å². The monoisotopic (exact) mass is 439 g/mol. The highest BCUT2D eigenvalue weighted by Gasteiger charge is 2.32. The van der Waals surface area contributed by atoms with E-state index < -0.39 is 0 Å². The molecule has 0 saturated heterocycles. The second-order valence-corrected chi connectivity index (χ2v) is 7.98. The summed E-state index contributed by atoms with van der Waals surface area (Å²) in [6, 6.07) is 18.3. The molecule has 3 aromatic rings. The molecule has 1 saturated carbocycles. The minimum atomic E-state index is 0.200. The maximum atomic E-state index is 12.8. The summed E-state index contributed by atoms with van der Waals surface area (Å²) >= 11 is 3.50. The molecule has 0 N–H and O–H groups in total. The van der Waals surface area contributed by atoms with E-state index in [-0.39, 0.29) is 5.91 Å². The van der Waals surface area contributed by atoms with Gasteiger partial charge in [0, 0.05) is 29.0 Å². The Bertz CT molecular complexity index is 939. The molecule has 0 bridgehead atoms. The van der Waals surface area contributed by atoms with Crippen molar-refractivity contribution in [1.82, 2.24) is 25.1 Å². The van der Waals surface area contributed by atoms with Crippen LogP contribution in [-0.2, 0) is 17.9 Å². The highest BCUT2D eigenvalue weighted by molar-refractivity contribution is 9.10. The van der Waals surface area contributed by atoms with E-state index in [1.54, 1.807) is 4.80 Å². The van der Waals surface area contributed by atoms with E-state index >= 15 is 0 Å². The van der Waals surface area contributed by atoms with Gasteiger partial charge >= 0.3 is 0 Å². The van der Waals surface area contributed by atoms with Gasteiger partial charge in [0.05, 0.1) is 6.54 Å². The van der Waals surface area contributed by atoms with E-state index in [1.807, 2.05) is 47.4 Å². The van der Waals surface area contributed by atoms with Gasteiger partial charge in [-0.15, -0.1) is 10.2 Å². The maximum absolute atomic E-state index is 12.8. The van der Waals surface area contributed by atoms with Gasteiger partial charge in [0.1, 0.15) is 0 Å². The largest absolute Gasteiger partial charge is 0.335 e. The average Bonchev–Trinajstić information content (AvgIpc) is 3.44. The van der Waals surface area contributed by atoms with Crippen molar-refractivity contribution in [2.45, 2.75) is 44.8 Å². The Kier molecular flexibility index (Phi) is 5.81. The standard InChI is InChI=1S/C21H22BrN5O/c22-18-9-4-6-16(14-18)15-26(19-11-12-19)20(28)10-5-13-27-24-21(23-25-27)17-7-2-1-3-8-17/h1-4,6-9,14,19H,5,10-13,15H2. The summed E-state index contributed by atoms with van der Waals surface area (Å²) in [6.07, 6.45) is 3.40. The molecule has 2 aromatic carbocycles. The number of aromatic nitrogens is 4. The molecule has 7 heteroatoms. The second-order valence-electron chi connectivity index (χ2n) is 7.06. The molecule has 28 heavy (non-hydrogen) atoms. The molecule has 1 aliphatic rings. The predicted molar refractivity (Wildman–Crippen MR) is 110 cm³/mol. The van der Waals surface area contributed by atoms with Gasteiger partial charge in [0.2, 0.25) is 11.7 Å². The molecule has 0 spiro atoms. The van der Waals surface area contributed by atoms with Crippen LogP contribution in [0.1, 0.15) is 31.2 Å². The van der Waals surface area contributed by atoms with Crippen molar-refractivity contribution in [2.24, 2.45) is 0 Å². The molecular weight excluding hydrogens is 418 g/mol. The number of carbonyl (C=O) groups excluding carboxylic acids is 1. The highest BCUT2D eigenvalue weighted by atomic mass is 79.9. The first-order chi connectivity index (χ1) is 13.7. The van der Waals surface area contributed by atoms with E-state index in [0.717, 1.165) is 28.4 Å². The average molecular weight is 440 g/mol. The number of nitrogens with zero attached hydrogens (tertiary/aromatic N) is 5. The van der Waals surface area contributed by atoms with Crippen LogP contribution in [0.4, 0.5) is 0 Å². The van der Waals surface area contributed by atoms with Crippen LogP contribution in [0.25, 0.3) is 11.4 Å². The first-order valence-electron chi connectivity index (χ1n) is 9.56. The van der Waals surface area contributed by atoms with E-state index in [2.05, 4.69) is 43.5 Å². The molecule has 1 fully saturated rings. The highest BCUT2D eigenvalue weighted by Crippen LogP contribution is 2.29. The normalized spacial score (nSPS) is 13.5. The zero-order valence-electron chi connectivity index (χ0n) is 15.5. The number of hydrogen-bond acceptors (Lipinski definition) is 4. The van der Waals surface area contributed by atoms with Crippen molar-refractivity contribution in [2.75, 3.05) is 0 Å². The number of rotatable bonds is 8. The third-order valence-electron chi connectivity index (χ3n) is 4.78. The van der Waals surface area contributed by atoms with Gasteiger partial charge in [0.15, 0.2) is 0 Å². The van der Waals surface area contributed by atoms with Crippen molar-refractivity contribution in [3.05, 3.63) is 64.6 Å². The maximum Gasteiger partial charge on any atom is 0.223 e. The van der Waals surface area contributed by atoms with Crippen LogP contribution >= 0.6 is 15.9 Å². The number of benzene rings is 2. The van der Waals surface area contributed by atoms with Crippen LogP contribution in [0.5, 0.6) is 0 Å². The fourth-order valence-electron chi connectivity index (χ4n) is 3.20. The van der Waals surface area contributed by atoms with Gasteiger partial charge in [-0.3, -0.25) is 4.79 Å². The lowest BCUT2D eigenvalue weighted by Crippen LogP contribution is -2.32. The van der Waals surface area contributed by atoms with Crippen LogP contribution in [0, 0.1) is 0 Å². The molecule has 6 nitrogen and oxygen atoms in total. The third-order valence-corrected chi connectivity index (χ3v) is 5.28. The first kappa shape index (κ1) is 18.8. The van der Waals surface area contributed by atoms with Crippen LogP contribution in [0.3, 0.4) is 0 Å². The second kappa shape index (κ2) is 8.65. The van der Waals surface area contributed by atoms with Crippen molar-refractivity contribution >= 4 is 21.8 Å². The zero-order chi connectivity index (χ0) is 19.3. The van der Waals surface area contributed by atoms with Crippen molar-refractivity contribution in [3.63, 3.8) is 0 Å². The molecule has 1 amide bonds. The van der Waals surface area contributed by atoms with Gasteiger partial charge < -0.3 is 4.90 Å². The molecule has 0 unspecified atom stereocenters. The number of tetrazole rings is 1. The molecule has 144 valence electrons. The van der Waals surface area contributed by atoms with Gasteiger partial charge in [-0.25, -0.2) is 0 Å². The lowest BCUT2D eigenvalue weighted by Gasteiger charge is -2.22. The summed E-state index contributed by atoms with van der Waals surface area (Å²) in [5.74, 6) is 0.812. The van der Waals surface area contributed by atoms with Crippen molar-refractivity contribution in [3.8, 4) is 11.4 Å². The summed E-state index contributed by atoms with van der Waals surface area (Å²) in [6.45, 7) is 1.25. The molecular formula is C21H22BrN5O. The zero-order valence-corrected chi connectivity index (χ0v) is 17.1. The fourth-order valence-corrected chi connectivity index (χ4v) is 3.64. The minimum absolute atomic E-state index is 0.200. The van der Waals surface area contributed by atoms with Crippen molar-refractivity contribution < 1.29 is 4.79 Å². The smallest absolute Gasteiger partial charge is 0.223 e. The summed E-state index contributed by atoms with van der Waals surface area (Å²) < 4.78 is 1.04. The minimum Gasteiger partial charge on any atom is -0.335 e. The molecule has 1 heterocycles. The Morgan fingerprint density at radius 3 is 2.71 bits per heavy atom. The van der Waals surface area contributed by atoms with Crippen LogP contribution in [0.15, 0.2) is 59.1 Å². The number of carbonyl (C=O) groups is 1. The summed E-state index contributed by atoms with van der Waals surface area (Å²) in [4.78, 5) is 16.4. The number of amides is 1. The van der Waals surface area contributed by atoms with E-state index in [4.69, 9.17) is 0 Å². The molecule has 1 aromatic heterocycles. The number of hydrogen-bond donors (Lipinski definition) is 0. The van der Waals surface area contributed by atoms with Gasteiger partial charge in [-0.1, -0.05) is 58.4 Å². The molecule has 1 aliphatic carbocycles. The summed E-state index contributed by atoms with van der Waals surface area (Å²) in [5, 5.41) is 12.6. The van der Waals surface area contributed by atoms with Crippen molar-refractivity contribution in [1.29, 1.82) is 0 Å².